The Labute approximate surface area is 198 Å². The zero-order valence-electron chi connectivity index (χ0n) is 19.0. The van der Waals surface area contributed by atoms with E-state index in [0.717, 1.165) is 25.0 Å². The van der Waals surface area contributed by atoms with E-state index in [9.17, 15) is 4.79 Å². The molecule has 0 bridgehead atoms. The Morgan fingerprint density at radius 3 is 2.76 bits per heavy atom. The van der Waals surface area contributed by atoms with Gasteiger partial charge in [-0.2, -0.15) is 5.21 Å². The minimum absolute atomic E-state index is 0.188. The fraction of sp³-hybridized carbons (Fsp3) is 0.360. The summed E-state index contributed by atoms with van der Waals surface area (Å²) < 4.78 is 17.7. The maximum absolute atomic E-state index is 13.4. The smallest absolute Gasteiger partial charge is 0.233 e. The zero-order valence-corrected chi connectivity index (χ0v) is 19.0. The van der Waals surface area contributed by atoms with Crippen LogP contribution in [0.25, 0.3) is 0 Å². The van der Waals surface area contributed by atoms with Crippen LogP contribution in [0.2, 0.25) is 0 Å². The van der Waals surface area contributed by atoms with Crippen LogP contribution >= 0.6 is 0 Å². The number of fused-ring (bicyclic) bond motifs is 1. The number of hydrogen-bond acceptors (Lipinski definition) is 8. The van der Waals surface area contributed by atoms with Crippen molar-refractivity contribution in [3.05, 3.63) is 72.1 Å². The van der Waals surface area contributed by atoms with E-state index in [-0.39, 0.29) is 30.4 Å². The topological polar surface area (TPSA) is 125 Å². The van der Waals surface area contributed by atoms with Gasteiger partial charge in [-0.1, -0.05) is 25.0 Å². The molecule has 2 heterocycles. The zero-order chi connectivity index (χ0) is 23.8. The van der Waals surface area contributed by atoms with Gasteiger partial charge in [-0.3, -0.25) is 10.5 Å². The number of H-pyrrole nitrogens is 1. The number of nitrogens with one attached hydrogen (secondary N) is 1. The number of ketones is 1. The number of aromatic nitrogens is 4. The van der Waals surface area contributed by atoms with Gasteiger partial charge in [-0.15, -0.1) is 16.8 Å². The first kappa shape index (κ1) is 23.4. The Hall–Kier alpha value is -3.72. The highest BCUT2D eigenvalue weighted by Crippen LogP contribution is 2.39. The number of hydrogen-bond donors (Lipinski definition) is 2. The van der Waals surface area contributed by atoms with Gasteiger partial charge in [0.05, 0.1) is 18.8 Å². The van der Waals surface area contributed by atoms with Crippen molar-refractivity contribution >= 4 is 5.78 Å². The average Bonchev–Trinajstić information content (AvgIpc) is 3.34. The number of unbranched alkanes of at least 4 members (excludes halogenated alkanes) is 4. The number of tetrazole rings is 1. The number of nitrogens with zero attached hydrogens (tertiary/aromatic N) is 3. The van der Waals surface area contributed by atoms with E-state index in [2.05, 4.69) is 27.2 Å². The summed E-state index contributed by atoms with van der Waals surface area (Å²) in [4.78, 5) is 13.4. The first-order chi connectivity index (χ1) is 16.6. The summed E-state index contributed by atoms with van der Waals surface area (Å²) in [5.74, 6) is 1.40. The maximum Gasteiger partial charge on any atom is 0.233 e. The summed E-state index contributed by atoms with van der Waals surface area (Å²) in [7, 11) is 0. The van der Waals surface area contributed by atoms with Crippen LogP contribution in [0.15, 0.2) is 55.1 Å². The summed E-state index contributed by atoms with van der Waals surface area (Å²) in [6, 6.07) is 12.3. The molecule has 1 aromatic heterocycles. The molecule has 0 spiro atoms. The minimum Gasteiger partial charge on any atom is -0.494 e. The van der Waals surface area contributed by atoms with Crippen LogP contribution in [0, 0.1) is 0 Å². The van der Waals surface area contributed by atoms with Crippen LogP contribution in [0.4, 0.5) is 0 Å². The lowest BCUT2D eigenvalue weighted by Gasteiger charge is -2.25. The molecule has 0 radical (unpaired) electrons. The standard InChI is InChI=1S/C25H29N5O4/c1-2-3-4-5-6-7-16-32-19-13-11-18(12-14-19)22(31)20-9-8-10-21-23(20)34-25(26,15-17-33-21)24-27-29-30-28-24/h2,8-14H,1,3-7,15-17,26H2,(H,27,28,29,30). The average molecular weight is 464 g/mol. The number of aromatic amines is 1. The van der Waals surface area contributed by atoms with Gasteiger partial charge in [0.1, 0.15) is 5.75 Å². The van der Waals surface area contributed by atoms with E-state index >= 15 is 0 Å². The summed E-state index contributed by atoms with van der Waals surface area (Å²) in [5.41, 5.74) is 5.90. The number of nitrogens with two attached hydrogens (primary N) is 1. The van der Waals surface area contributed by atoms with E-state index in [0.29, 0.717) is 23.5 Å². The second-order valence-electron chi connectivity index (χ2n) is 8.15. The highest BCUT2D eigenvalue weighted by molar-refractivity contribution is 6.11. The molecule has 178 valence electrons. The molecule has 0 saturated heterocycles. The van der Waals surface area contributed by atoms with E-state index < -0.39 is 5.72 Å². The van der Waals surface area contributed by atoms with Gasteiger partial charge in [0, 0.05) is 12.0 Å². The molecule has 1 unspecified atom stereocenters. The number of benzene rings is 2. The first-order valence-corrected chi connectivity index (χ1v) is 11.5. The maximum atomic E-state index is 13.4. The van der Waals surface area contributed by atoms with Crippen molar-refractivity contribution in [2.75, 3.05) is 13.2 Å². The second kappa shape index (κ2) is 10.9. The summed E-state index contributed by atoms with van der Waals surface area (Å²) in [6.45, 7) is 4.66. The van der Waals surface area contributed by atoms with Gasteiger partial charge in [-0.25, -0.2) is 0 Å². The van der Waals surface area contributed by atoms with Crippen LogP contribution in [0.5, 0.6) is 17.2 Å². The van der Waals surface area contributed by atoms with Crippen molar-refractivity contribution in [2.45, 2.75) is 44.2 Å². The Kier molecular flexibility index (Phi) is 7.54. The predicted molar refractivity (Wildman–Crippen MR) is 126 cm³/mol. The van der Waals surface area contributed by atoms with E-state index in [1.807, 2.05) is 6.08 Å². The number of carbonyl (C=O) groups excluding carboxylic acids is 1. The Bertz CT molecular complexity index is 1100. The Morgan fingerprint density at radius 2 is 2.00 bits per heavy atom. The molecule has 3 N–H and O–H groups in total. The van der Waals surface area contributed by atoms with E-state index in [1.54, 1.807) is 42.5 Å². The number of allylic oxidation sites excluding steroid dienone is 1. The van der Waals surface area contributed by atoms with Gasteiger partial charge < -0.3 is 14.2 Å². The van der Waals surface area contributed by atoms with E-state index in [1.165, 1.54) is 12.8 Å². The van der Waals surface area contributed by atoms with Crippen LogP contribution in [-0.2, 0) is 5.72 Å². The first-order valence-electron chi connectivity index (χ1n) is 11.5. The molecule has 9 heteroatoms. The van der Waals surface area contributed by atoms with Crippen molar-refractivity contribution in [3.8, 4) is 17.2 Å². The Morgan fingerprint density at radius 1 is 1.18 bits per heavy atom. The van der Waals surface area contributed by atoms with Crippen molar-refractivity contribution in [2.24, 2.45) is 5.73 Å². The molecule has 0 fully saturated rings. The van der Waals surface area contributed by atoms with Crippen molar-refractivity contribution < 1.29 is 19.0 Å². The molecule has 3 aromatic rings. The molecule has 0 aliphatic carbocycles. The fourth-order valence-electron chi connectivity index (χ4n) is 3.75. The molecule has 0 saturated carbocycles. The van der Waals surface area contributed by atoms with Crippen LogP contribution in [0.1, 0.15) is 60.3 Å². The number of ether oxygens (including phenoxy) is 3. The van der Waals surface area contributed by atoms with Crippen molar-refractivity contribution in [3.63, 3.8) is 0 Å². The molecule has 0 amide bonds. The molecule has 34 heavy (non-hydrogen) atoms. The molecule has 1 aliphatic rings. The number of carbonyl (C=O) groups is 1. The van der Waals surface area contributed by atoms with Crippen molar-refractivity contribution in [1.29, 1.82) is 0 Å². The van der Waals surface area contributed by atoms with Gasteiger partial charge in [-0.05, 0) is 60.9 Å². The van der Waals surface area contributed by atoms with Crippen LogP contribution in [-0.4, -0.2) is 39.6 Å². The third kappa shape index (κ3) is 5.43. The quantitative estimate of drug-likeness (QED) is 0.249. The van der Waals surface area contributed by atoms with Crippen molar-refractivity contribution in [1.82, 2.24) is 20.6 Å². The van der Waals surface area contributed by atoms with Crippen LogP contribution < -0.4 is 19.9 Å². The molecular weight excluding hydrogens is 434 g/mol. The summed E-state index contributed by atoms with van der Waals surface area (Å²) in [6.07, 6.45) is 7.75. The largest absolute Gasteiger partial charge is 0.494 e. The highest BCUT2D eigenvalue weighted by atomic mass is 16.6. The highest BCUT2D eigenvalue weighted by Gasteiger charge is 2.39. The lowest BCUT2D eigenvalue weighted by atomic mass is 10.0. The second-order valence-corrected chi connectivity index (χ2v) is 8.15. The Balaban J connectivity index is 1.44. The lowest BCUT2D eigenvalue weighted by molar-refractivity contribution is 0.0547. The number of para-hydroxylation sites is 1. The molecule has 4 rings (SSSR count). The van der Waals surface area contributed by atoms with E-state index in [4.69, 9.17) is 19.9 Å². The predicted octanol–water partition coefficient (Wildman–Crippen LogP) is 3.92. The van der Waals surface area contributed by atoms with Gasteiger partial charge >= 0.3 is 0 Å². The minimum atomic E-state index is -1.38. The lowest BCUT2D eigenvalue weighted by Crippen LogP contribution is -2.44. The molecule has 2 aromatic carbocycles. The monoisotopic (exact) mass is 463 g/mol. The molecule has 9 nitrogen and oxygen atoms in total. The third-order valence-electron chi connectivity index (χ3n) is 5.65. The van der Waals surface area contributed by atoms with Crippen LogP contribution in [0.3, 0.4) is 0 Å². The van der Waals surface area contributed by atoms with Gasteiger partial charge in [0.15, 0.2) is 17.3 Å². The third-order valence-corrected chi connectivity index (χ3v) is 5.65. The normalized spacial score (nSPS) is 17.1. The fourth-order valence-corrected chi connectivity index (χ4v) is 3.75. The molecule has 1 aliphatic heterocycles. The molecular formula is C25H29N5O4. The van der Waals surface area contributed by atoms with Gasteiger partial charge in [0.2, 0.25) is 11.5 Å². The summed E-state index contributed by atoms with van der Waals surface area (Å²) in [5, 5.41) is 13.9. The molecule has 1 atom stereocenters. The number of rotatable bonds is 11. The summed E-state index contributed by atoms with van der Waals surface area (Å²) >= 11 is 0. The SMILES string of the molecule is C=CCCCCCCOc1ccc(C(=O)c2cccc3c2OC(N)(c2nn[nH]n2)CCO3)cc1. The van der Waals surface area contributed by atoms with Gasteiger partial charge in [0.25, 0.3) is 0 Å².